The molecule has 0 saturated carbocycles. The van der Waals surface area contributed by atoms with Gasteiger partial charge in [0.1, 0.15) is 5.82 Å². The predicted molar refractivity (Wildman–Crippen MR) is 72.4 cm³/mol. The molecule has 1 aromatic carbocycles. The van der Waals surface area contributed by atoms with E-state index in [4.69, 9.17) is 5.11 Å². The van der Waals surface area contributed by atoms with Gasteiger partial charge < -0.3 is 15.3 Å². The number of rotatable bonds is 5. The first-order valence-corrected chi connectivity index (χ1v) is 6.42. The fourth-order valence-electron chi connectivity index (χ4n) is 1.76. The summed E-state index contributed by atoms with van der Waals surface area (Å²) in [6.07, 6.45) is 0. The van der Waals surface area contributed by atoms with Crippen molar-refractivity contribution in [3.8, 4) is 0 Å². The molecule has 1 rings (SSSR count). The molecule has 1 unspecified atom stereocenters. The van der Waals surface area contributed by atoms with Crippen LogP contribution in [0.15, 0.2) is 18.2 Å². The van der Waals surface area contributed by atoms with Gasteiger partial charge >= 0.3 is 6.03 Å². The van der Waals surface area contributed by atoms with E-state index in [1.165, 1.54) is 11.0 Å². The summed E-state index contributed by atoms with van der Waals surface area (Å²) < 4.78 is 13.5. The number of likely N-dealkylation sites (N-methyl/N-ethyl adjacent to an activating group) is 1. The minimum absolute atomic E-state index is 0.0746. The smallest absolute Gasteiger partial charge is 0.317 e. The summed E-state index contributed by atoms with van der Waals surface area (Å²) in [7, 11) is 0. The minimum atomic E-state index is -0.282. The molecule has 5 heteroatoms. The average Bonchev–Trinajstić information content (AvgIpc) is 2.38. The van der Waals surface area contributed by atoms with Gasteiger partial charge in [0.25, 0.3) is 0 Å². The SMILES string of the molecule is CCN(CCO)C(=O)NC(C)c1ccc(C)c(F)c1. The molecular formula is C14H21FN2O2. The Kier molecular flexibility index (Phi) is 5.76. The molecule has 0 saturated heterocycles. The van der Waals surface area contributed by atoms with E-state index in [1.54, 1.807) is 26.0 Å². The van der Waals surface area contributed by atoms with Gasteiger partial charge in [-0.15, -0.1) is 0 Å². The highest BCUT2D eigenvalue weighted by Gasteiger charge is 2.15. The number of nitrogens with one attached hydrogen (secondary N) is 1. The van der Waals surface area contributed by atoms with Gasteiger partial charge in [-0.25, -0.2) is 9.18 Å². The van der Waals surface area contributed by atoms with E-state index in [9.17, 15) is 9.18 Å². The number of hydrogen-bond acceptors (Lipinski definition) is 2. The first-order chi connectivity index (χ1) is 8.99. The second kappa shape index (κ2) is 7.09. The predicted octanol–water partition coefficient (Wildman–Crippen LogP) is 2.22. The molecule has 4 nitrogen and oxygen atoms in total. The van der Waals surface area contributed by atoms with E-state index >= 15 is 0 Å². The Bertz CT molecular complexity index is 437. The second-order valence-electron chi connectivity index (χ2n) is 4.48. The normalized spacial score (nSPS) is 12.1. The molecule has 0 aromatic heterocycles. The number of benzene rings is 1. The summed E-state index contributed by atoms with van der Waals surface area (Å²) in [6.45, 7) is 6.07. The number of aryl methyl sites for hydroxylation is 1. The number of nitrogens with zero attached hydrogens (tertiary/aromatic N) is 1. The number of urea groups is 1. The maximum Gasteiger partial charge on any atom is 0.317 e. The molecule has 19 heavy (non-hydrogen) atoms. The molecule has 0 aliphatic carbocycles. The molecular weight excluding hydrogens is 247 g/mol. The molecule has 1 aromatic rings. The molecule has 0 fully saturated rings. The van der Waals surface area contributed by atoms with Crippen molar-refractivity contribution in [2.45, 2.75) is 26.8 Å². The first kappa shape index (κ1) is 15.4. The van der Waals surface area contributed by atoms with Crippen LogP contribution < -0.4 is 5.32 Å². The van der Waals surface area contributed by atoms with Crippen LogP contribution in [0.1, 0.15) is 31.0 Å². The summed E-state index contributed by atoms with van der Waals surface area (Å²) in [6, 6.07) is 4.38. The third-order valence-corrected chi connectivity index (χ3v) is 3.07. The summed E-state index contributed by atoms with van der Waals surface area (Å²) in [5.74, 6) is -0.277. The minimum Gasteiger partial charge on any atom is -0.395 e. The van der Waals surface area contributed by atoms with E-state index in [1.807, 2.05) is 6.92 Å². The number of carbonyl (C=O) groups excluding carboxylic acids is 1. The zero-order valence-corrected chi connectivity index (χ0v) is 11.6. The molecule has 0 radical (unpaired) electrons. The third-order valence-electron chi connectivity index (χ3n) is 3.07. The van der Waals surface area contributed by atoms with E-state index in [0.29, 0.717) is 12.1 Å². The molecule has 0 bridgehead atoms. The van der Waals surface area contributed by atoms with Crippen LogP contribution in [0.5, 0.6) is 0 Å². The molecule has 1 atom stereocenters. The lowest BCUT2D eigenvalue weighted by atomic mass is 10.1. The molecule has 2 amide bonds. The zero-order valence-electron chi connectivity index (χ0n) is 11.6. The van der Waals surface area contributed by atoms with E-state index in [0.717, 1.165) is 5.56 Å². The third kappa shape index (κ3) is 4.21. The van der Waals surface area contributed by atoms with E-state index < -0.39 is 0 Å². The van der Waals surface area contributed by atoms with Gasteiger partial charge in [-0.05, 0) is 38.0 Å². The second-order valence-corrected chi connectivity index (χ2v) is 4.48. The van der Waals surface area contributed by atoms with Gasteiger partial charge in [-0.3, -0.25) is 0 Å². The Morgan fingerprint density at radius 3 is 2.74 bits per heavy atom. The first-order valence-electron chi connectivity index (χ1n) is 6.42. The van der Waals surface area contributed by atoms with Crippen molar-refractivity contribution >= 4 is 6.03 Å². The molecule has 2 N–H and O–H groups in total. The van der Waals surface area contributed by atoms with Gasteiger partial charge in [0, 0.05) is 13.1 Å². The lowest BCUT2D eigenvalue weighted by Gasteiger charge is -2.23. The number of aliphatic hydroxyl groups is 1. The summed E-state index contributed by atoms with van der Waals surface area (Å²) >= 11 is 0. The Balaban J connectivity index is 2.70. The van der Waals surface area contributed by atoms with Crippen LogP contribution >= 0.6 is 0 Å². The van der Waals surface area contributed by atoms with Crippen LogP contribution in [-0.4, -0.2) is 35.7 Å². The van der Waals surface area contributed by atoms with Crippen LogP contribution in [0.2, 0.25) is 0 Å². The lowest BCUT2D eigenvalue weighted by molar-refractivity contribution is 0.178. The monoisotopic (exact) mass is 268 g/mol. The zero-order chi connectivity index (χ0) is 14.4. The lowest BCUT2D eigenvalue weighted by Crippen LogP contribution is -2.42. The van der Waals surface area contributed by atoms with Gasteiger partial charge in [0.15, 0.2) is 0 Å². The van der Waals surface area contributed by atoms with Gasteiger partial charge in [-0.2, -0.15) is 0 Å². The standard InChI is InChI=1S/C14H21FN2O2/c1-4-17(7-8-18)14(19)16-11(3)12-6-5-10(2)13(15)9-12/h5-6,9,11,18H,4,7-8H2,1-3H3,(H,16,19). The van der Waals surface area contributed by atoms with Crippen LogP contribution in [0.3, 0.4) is 0 Å². The molecule has 0 heterocycles. The van der Waals surface area contributed by atoms with Crippen molar-refractivity contribution in [3.63, 3.8) is 0 Å². The van der Waals surface area contributed by atoms with Gasteiger partial charge in [0.05, 0.1) is 12.6 Å². The summed E-state index contributed by atoms with van der Waals surface area (Å²) in [5, 5.41) is 11.7. The Hall–Kier alpha value is -1.62. The number of amides is 2. The van der Waals surface area contributed by atoms with E-state index in [-0.39, 0.29) is 31.0 Å². The van der Waals surface area contributed by atoms with Crippen molar-refractivity contribution in [1.29, 1.82) is 0 Å². The Labute approximate surface area is 113 Å². The quantitative estimate of drug-likeness (QED) is 0.860. The highest BCUT2D eigenvalue weighted by molar-refractivity contribution is 5.74. The van der Waals surface area contributed by atoms with E-state index in [2.05, 4.69) is 5.32 Å². The maximum atomic E-state index is 13.5. The Morgan fingerprint density at radius 1 is 1.53 bits per heavy atom. The van der Waals surface area contributed by atoms with Gasteiger partial charge in [-0.1, -0.05) is 12.1 Å². The van der Waals surface area contributed by atoms with Crippen LogP contribution in [-0.2, 0) is 0 Å². The van der Waals surface area contributed by atoms with Crippen LogP contribution in [0.4, 0.5) is 9.18 Å². The van der Waals surface area contributed by atoms with Crippen LogP contribution in [0, 0.1) is 12.7 Å². The van der Waals surface area contributed by atoms with Crippen molar-refractivity contribution in [1.82, 2.24) is 10.2 Å². The largest absolute Gasteiger partial charge is 0.395 e. The summed E-state index contributed by atoms with van der Waals surface area (Å²) in [4.78, 5) is 13.4. The number of aliphatic hydroxyl groups excluding tert-OH is 1. The topological polar surface area (TPSA) is 52.6 Å². The maximum absolute atomic E-state index is 13.5. The molecule has 0 aliphatic heterocycles. The number of halogens is 1. The number of hydrogen-bond donors (Lipinski definition) is 2. The van der Waals surface area contributed by atoms with Crippen molar-refractivity contribution in [2.75, 3.05) is 19.7 Å². The van der Waals surface area contributed by atoms with Crippen LogP contribution in [0.25, 0.3) is 0 Å². The molecule has 0 aliphatic rings. The average molecular weight is 268 g/mol. The molecule has 0 spiro atoms. The van der Waals surface area contributed by atoms with Crippen molar-refractivity contribution < 1.29 is 14.3 Å². The Morgan fingerprint density at radius 2 is 2.21 bits per heavy atom. The van der Waals surface area contributed by atoms with Crippen molar-refractivity contribution in [3.05, 3.63) is 35.1 Å². The van der Waals surface area contributed by atoms with Crippen molar-refractivity contribution in [2.24, 2.45) is 0 Å². The summed E-state index contributed by atoms with van der Waals surface area (Å²) in [5.41, 5.74) is 1.30. The highest BCUT2D eigenvalue weighted by atomic mass is 19.1. The highest BCUT2D eigenvalue weighted by Crippen LogP contribution is 2.16. The molecule has 106 valence electrons. The fourth-order valence-corrected chi connectivity index (χ4v) is 1.76. The van der Waals surface area contributed by atoms with Gasteiger partial charge in [0.2, 0.25) is 0 Å². The fraction of sp³-hybridized carbons (Fsp3) is 0.500. The number of carbonyl (C=O) groups is 1.